The van der Waals surface area contributed by atoms with Crippen LogP contribution >= 0.6 is 0 Å². The van der Waals surface area contributed by atoms with E-state index in [1.54, 1.807) is 60.7 Å². The number of anilines is 1. The highest BCUT2D eigenvalue weighted by Gasteiger charge is 2.12. The summed E-state index contributed by atoms with van der Waals surface area (Å²) in [6, 6.07) is 19.9. The highest BCUT2D eigenvalue weighted by Crippen LogP contribution is 2.16. The summed E-state index contributed by atoms with van der Waals surface area (Å²) >= 11 is 0. The van der Waals surface area contributed by atoms with Crippen LogP contribution in [0.1, 0.15) is 30.9 Å². The predicted molar refractivity (Wildman–Crippen MR) is 128 cm³/mol. The van der Waals surface area contributed by atoms with Crippen molar-refractivity contribution >= 4 is 23.7 Å². The number of benzene rings is 3. The minimum atomic E-state index is -0.900. The maximum absolute atomic E-state index is 13.0. The van der Waals surface area contributed by atoms with E-state index in [2.05, 4.69) is 22.8 Å². The van der Waals surface area contributed by atoms with Gasteiger partial charge in [0.25, 0.3) is 0 Å². The summed E-state index contributed by atoms with van der Waals surface area (Å²) in [5, 5.41) is 6.33. The second-order valence-electron chi connectivity index (χ2n) is 7.37. The number of carbonyl (C=O) groups is 2. The van der Waals surface area contributed by atoms with Crippen LogP contribution < -0.4 is 20.2 Å². The Bertz CT molecular complexity index is 1120. The van der Waals surface area contributed by atoms with Gasteiger partial charge in [-0.2, -0.15) is 5.10 Å². The molecule has 0 fully saturated rings. The van der Waals surface area contributed by atoms with Gasteiger partial charge < -0.3 is 14.8 Å². The number of amides is 2. The summed E-state index contributed by atoms with van der Waals surface area (Å²) < 4.78 is 24.2. The molecule has 0 bridgehead atoms. The summed E-state index contributed by atoms with van der Waals surface area (Å²) in [6.07, 6.45) is 3.41. The van der Waals surface area contributed by atoms with Crippen molar-refractivity contribution in [3.8, 4) is 11.5 Å². The second kappa shape index (κ2) is 12.7. The lowest BCUT2D eigenvalue weighted by atomic mass is 10.2. The van der Waals surface area contributed by atoms with Crippen molar-refractivity contribution in [2.24, 2.45) is 5.10 Å². The lowest BCUT2D eigenvalue weighted by Gasteiger charge is -2.07. The Kier molecular flexibility index (Phi) is 9.16. The highest BCUT2D eigenvalue weighted by atomic mass is 19.1. The molecule has 2 amide bonds. The number of hydrazone groups is 1. The van der Waals surface area contributed by atoms with E-state index in [1.807, 2.05) is 0 Å². The quantitative estimate of drug-likeness (QED) is 0.198. The first-order valence-corrected chi connectivity index (χ1v) is 10.9. The normalized spacial score (nSPS) is 10.6. The molecule has 0 aromatic heterocycles. The van der Waals surface area contributed by atoms with Crippen molar-refractivity contribution in [2.75, 3.05) is 11.9 Å². The Morgan fingerprint density at radius 2 is 1.71 bits per heavy atom. The first kappa shape index (κ1) is 24.4. The third-order valence-electron chi connectivity index (χ3n) is 4.64. The number of halogens is 1. The lowest BCUT2D eigenvalue weighted by Crippen LogP contribution is -2.32. The Labute approximate surface area is 197 Å². The van der Waals surface area contributed by atoms with Gasteiger partial charge in [-0.25, -0.2) is 9.82 Å². The number of hydrogen-bond acceptors (Lipinski definition) is 5. The molecule has 0 aliphatic heterocycles. The molecule has 3 aromatic carbocycles. The molecule has 0 aliphatic carbocycles. The summed E-state index contributed by atoms with van der Waals surface area (Å²) in [6.45, 7) is 3.00. The molecular weight excluding hydrogens is 437 g/mol. The predicted octanol–water partition coefficient (Wildman–Crippen LogP) is 4.67. The minimum absolute atomic E-state index is 0.281. The SMILES string of the molecule is CCCCOc1ccc(NC(=O)C(=O)N/N=C\c2cccc(OCc3ccc(F)cc3)c2)cc1. The van der Waals surface area contributed by atoms with E-state index in [4.69, 9.17) is 9.47 Å². The van der Waals surface area contributed by atoms with E-state index < -0.39 is 11.8 Å². The molecule has 3 aromatic rings. The van der Waals surface area contributed by atoms with Crippen molar-refractivity contribution < 1.29 is 23.5 Å². The van der Waals surface area contributed by atoms with Gasteiger partial charge in [0.05, 0.1) is 12.8 Å². The van der Waals surface area contributed by atoms with Crippen LogP contribution in [-0.4, -0.2) is 24.6 Å². The molecule has 34 heavy (non-hydrogen) atoms. The molecule has 0 radical (unpaired) electrons. The zero-order valence-corrected chi connectivity index (χ0v) is 18.8. The van der Waals surface area contributed by atoms with E-state index in [0.29, 0.717) is 29.4 Å². The molecule has 8 heteroatoms. The van der Waals surface area contributed by atoms with Crippen LogP contribution in [-0.2, 0) is 16.2 Å². The summed E-state index contributed by atoms with van der Waals surface area (Å²) in [7, 11) is 0. The zero-order valence-electron chi connectivity index (χ0n) is 18.8. The lowest BCUT2D eigenvalue weighted by molar-refractivity contribution is -0.136. The van der Waals surface area contributed by atoms with Crippen LogP contribution in [0.2, 0.25) is 0 Å². The minimum Gasteiger partial charge on any atom is -0.494 e. The van der Waals surface area contributed by atoms with Crippen molar-refractivity contribution in [3.63, 3.8) is 0 Å². The monoisotopic (exact) mass is 463 g/mol. The van der Waals surface area contributed by atoms with E-state index in [1.165, 1.54) is 18.3 Å². The number of nitrogens with one attached hydrogen (secondary N) is 2. The molecule has 0 aliphatic rings. The summed E-state index contributed by atoms with van der Waals surface area (Å²) in [5.41, 5.74) is 4.16. The van der Waals surface area contributed by atoms with Crippen molar-refractivity contribution in [3.05, 3.63) is 89.7 Å². The maximum atomic E-state index is 13.0. The van der Waals surface area contributed by atoms with E-state index in [0.717, 1.165) is 18.4 Å². The molecule has 0 spiro atoms. The highest BCUT2D eigenvalue weighted by molar-refractivity contribution is 6.39. The molecule has 176 valence electrons. The van der Waals surface area contributed by atoms with Gasteiger partial charge in [0.1, 0.15) is 23.9 Å². The smallest absolute Gasteiger partial charge is 0.329 e. The van der Waals surface area contributed by atoms with Gasteiger partial charge in [-0.1, -0.05) is 37.6 Å². The molecule has 0 heterocycles. The van der Waals surface area contributed by atoms with Crippen molar-refractivity contribution in [2.45, 2.75) is 26.4 Å². The van der Waals surface area contributed by atoms with Crippen molar-refractivity contribution in [1.82, 2.24) is 5.43 Å². The molecule has 7 nitrogen and oxygen atoms in total. The van der Waals surface area contributed by atoms with Crippen LogP contribution in [0.4, 0.5) is 10.1 Å². The number of ether oxygens (including phenoxy) is 2. The molecule has 3 rings (SSSR count). The second-order valence-corrected chi connectivity index (χ2v) is 7.37. The fourth-order valence-electron chi connectivity index (χ4n) is 2.80. The number of carbonyl (C=O) groups excluding carboxylic acids is 2. The molecule has 0 saturated heterocycles. The van der Waals surface area contributed by atoms with Crippen LogP contribution in [0.5, 0.6) is 11.5 Å². The zero-order chi connectivity index (χ0) is 24.2. The number of rotatable bonds is 10. The third kappa shape index (κ3) is 8.05. The third-order valence-corrected chi connectivity index (χ3v) is 4.64. The molecule has 0 saturated carbocycles. The summed E-state index contributed by atoms with van der Waals surface area (Å²) in [5.74, 6) is -0.761. The Morgan fingerprint density at radius 3 is 2.44 bits per heavy atom. The average molecular weight is 464 g/mol. The Hall–Kier alpha value is -4.20. The van der Waals surface area contributed by atoms with E-state index in [-0.39, 0.29) is 12.4 Å². The molecule has 0 unspecified atom stereocenters. The fourth-order valence-corrected chi connectivity index (χ4v) is 2.80. The average Bonchev–Trinajstić information content (AvgIpc) is 2.85. The Morgan fingerprint density at radius 1 is 0.941 bits per heavy atom. The first-order chi connectivity index (χ1) is 16.5. The largest absolute Gasteiger partial charge is 0.494 e. The molecule has 0 atom stereocenters. The number of unbranched alkanes of at least 4 members (excludes halogenated alkanes) is 1. The van der Waals surface area contributed by atoms with Crippen LogP contribution in [0.25, 0.3) is 0 Å². The summed E-state index contributed by atoms with van der Waals surface area (Å²) in [4.78, 5) is 24.1. The fraction of sp³-hybridized carbons (Fsp3) is 0.192. The number of hydrogen-bond donors (Lipinski definition) is 2. The molecular formula is C26H26FN3O4. The van der Waals surface area contributed by atoms with Crippen LogP contribution in [0, 0.1) is 5.82 Å². The first-order valence-electron chi connectivity index (χ1n) is 10.9. The Balaban J connectivity index is 1.46. The van der Waals surface area contributed by atoms with Crippen LogP contribution in [0.3, 0.4) is 0 Å². The van der Waals surface area contributed by atoms with Gasteiger partial charge in [0, 0.05) is 5.69 Å². The standard InChI is InChI=1S/C26H26FN3O4/c1-2-3-15-33-23-13-11-22(12-14-23)29-25(31)26(32)30-28-17-20-5-4-6-24(16-20)34-18-19-7-9-21(27)10-8-19/h4-14,16-17H,2-3,15,18H2,1H3,(H,29,31)(H,30,32)/b28-17-. The van der Waals surface area contributed by atoms with Gasteiger partial charge >= 0.3 is 11.8 Å². The van der Waals surface area contributed by atoms with Crippen LogP contribution in [0.15, 0.2) is 77.9 Å². The van der Waals surface area contributed by atoms with Gasteiger partial charge in [-0.05, 0) is 66.1 Å². The van der Waals surface area contributed by atoms with Gasteiger partial charge in [0.2, 0.25) is 0 Å². The van der Waals surface area contributed by atoms with Gasteiger partial charge in [-0.15, -0.1) is 0 Å². The van der Waals surface area contributed by atoms with Gasteiger partial charge in [-0.3, -0.25) is 9.59 Å². The van der Waals surface area contributed by atoms with E-state index in [9.17, 15) is 14.0 Å². The van der Waals surface area contributed by atoms with Crippen molar-refractivity contribution in [1.29, 1.82) is 0 Å². The van der Waals surface area contributed by atoms with Gasteiger partial charge in [0.15, 0.2) is 0 Å². The topological polar surface area (TPSA) is 89.0 Å². The molecule has 2 N–H and O–H groups in total. The van der Waals surface area contributed by atoms with E-state index >= 15 is 0 Å². The maximum Gasteiger partial charge on any atom is 0.329 e. The number of nitrogens with zero attached hydrogens (tertiary/aromatic N) is 1.